The van der Waals surface area contributed by atoms with E-state index in [0.29, 0.717) is 23.7 Å². The first-order chi connectivity index (χ1) is 12.5. The molecule has 2 heterocycles. The van der Waals surface area contributed by atoms with E-state index >= 15 is 0 Å². The van der Waals surface area contributed by atoms with Crippen LogP contribution in [0.3, 0.4) is 0 Å². The number of rotatable bonds is 8. The second kappa shape index (κ2) is 8.48. The molecule has 1 N–H and O–H groups in total. The summed E-state index contributed by atoms with van der Waals surface area (Å²) in [6.07, 6.45) is 10.3. The van der Waals surface area contributed by atoms with E-state index in [-0.39, 0.29) is 11.7 Å². The highest BCUT2D eigenvalue weighted by atomic mass is 32.2. The molecule has 1 saturated carbocycles. The summed E-state index contributed by atoms with van der Waals surface area (Å²) < 4.78 is 25.2. The lowest BCUT2D eigenvalue weighted by molar-refractivity contribution is -0.120. The van der Waals surface area contributed by atoms with Gasteiger partial charge in [-0.25, -0.2) is 8.42 Å². The van der Waals surface area contributed by atoms with Gasteiger partial charge in [0.05, 0.1) is 11.9 Å². The second-order valence-corrected chi connectivity index (χ2v) is 7.75. The van der Waals surface area contributed by atoms with Crippen molar-refractivity contribution in [2.75, 3.05) is 5.32 Å². The van der Waals surface area contributed by atoms with Gasteiger partial charge in [-0.3, -0.25) is 14.2 Å². The first-order valence-electron chi connectivity index (χ1n) is 9.04. The molecular weight excluding hydrogens is 354 g/mol. The van der Waals surface area contributed by atoms with Crippen molar-refractivity contribution in [2.24, 2.45) is 5.92 Å². The predicted octanol–water partition coefficient (Wildman–Crippen LogP) is 1.97. The molecule has 0 aromatic carbocycles. The van der Waals surface area contributed by atoms with Crippen molar-refractivity contribution < 1.29 is 13.2 Å². The summed E-state index contributed by atoms with van der Waals surface area (Å²) in [4.78, 5) is 12.9. The van der Waals surface area contributed by atoms with Crippen molar-refractivity contribution in [1.82, 2.24) is 19.6 Å². The van der Waals surface area contributed by atoms with Gasteiger partial charge >= 0.3 is 0 Å². The van der Waals surface area contributed by atoms with E-state index in [9.17, 15) is 13.2 Å². The number of thiol groups is 1. The Balaban J connectivity index is 1.77. The summed E-state index contributed by atoms with van der Waals surface area (Å²) >= 11 is 0. The zero-order chi connectivity index (χ0) is 18.5. The van der Waals surface area contributed by atoms with Crippen molar-refractivity contribution in [2.45, 2.75) is 57.4 Å². The summed E-state index contributed by atoms with van der Waals surface area (Å²) in [6.45, 7) is 2.71. The Morgan fingerprint density at radius 2 is 2.15 bits per heavy atom. The molecule has 1 atom stereocenters. The molecule has 0 radical (unpaired) electrons. The quantitative estimate of drug-likeness (QED) is 0.683. The van der Waals surface area contributed by atoms with Crippen molar-refractivity contribution >= 4 is 22.4 Å². The standard InChI is InChI=1S/C17H25N5O3S/c1-2-21-8-7-16(20-21)19-17(23)15(9-13-5-3-4-6-13)22-11-14(10-18-22)12-26(24)25/h7-8,10-11,13,15,26H,2-6,9,12H2,1H3,(H,19,20,23)/t15-/m0/s1. The summed E-state index contributed by atoms with van der Waals surface area (Å²) in [5.41, 5.74) is 0.598. The van der Waals surface area contributed by atoms with Gasteiger partial charge in [0.25, 0.3) is 0 Å². The molecule has 142 valence electrons. The summed E-state index contributed by atoms with van der Waals surface area (Å²) in [6, 6.07) is 1.30. The molecule has 9 heteroatoms. The number of anilines is 1. The molecule has 3 rings (SSSR count). The number of amides is 1. The van der Waals surface area contributed by atoms with E-state index in [4.69, 9.17) is 0 Å². The minimum atomic E-state index is -2.52. The Hall–Kier alpha value is -2.16. The van der Waals surface area contributed by atoms with Crippen LogP contribution in [0.15, 0.2) is 24.7 Å². The largest absolute Gasteiger partial charge is 0.307 e. The Morgan fingerprint density at radius 3 is 2.81 bits per heavy atom. The van der Waals surface area contributed by atoms with Crippen molar-refractivity contribution in [3.63, 3.8) is 0 Å². The number of carbonyl (C=O) groups is 1. The molecule has 0 saturated heterocycles. The van der Waals surface area contributed by atoms with Crippen LogP contribution in [0.5, 0.6) is 0 Å². The second-order valence-electron chi connectivity index (χ2n) is 6.77. The van der Waals surface area contributed by atoms with Crippen molar-refractivity contribution in [3.8, 4) is 0 Å². The molecule has 1 amide bonds. The molecule has 0 bridgehead atoms. The van der Waals surface area contributed by atoms with Crippen LogP contribution in [-0.4, -0.2) is 33.9 Å². The van der Waals surface area contributed by atoms with Crippen LogP contribution in [0.2, 0.25) is 0 Å². The number of nitrogens with zero attached hydrogens (tertiary/aromatic N) is 4. The van der Waals surface area contributed by atoms with Crippen LogP contribution < -0.4 is 5.32 Å². The molecular formula is C17H25N5O3S. The predicted molar refractivity (Wildman–Crippen MR) is 98.4 cm³/mol. The minimum Gasteiger partial charge on any atom is -0.307 e. The number of nitrogens with one attached hydrogen (secondary N) is 1. The zero-order valence-corrected chi connectivity index (χ0v) is 15.8. The van der Waals surface area contributed by atoms with E-state index in [2.05, 4.69) is 15.5 Å². The first-order valence-corrected chi connectivity index (χ1v) is 10.4. The molecule has 1 aliphatic carbocycles. The SMILES string of the molecule is CCn1ccc(NC(=O)[C@H](CC2CCCC2)n2cc(C[SH](=O)=O)cn2)n1. The Morgan fingerprint density at radius 1 is 1.38 bits per heavy atom. The van der Waals surface area contributed by atoms with Crippen molar-refractivity contribution in [1.29, 1.82) is 0 Å². The maximum Gasteiger partial charge on any atom is 0.250 e. The fourth-order valence-electron chi connectivity index (χ4n) is 3.49. The van der Waals surface area contributed by atoms with Gasteiger partial charge in [0.2, 0.25) is 5.91 Å². The van der Waals surface area contributed by atoms with Gasteiger partial charge in [-0.15, -0.1) is 0 Å². The average molecular weight is 379 g/mol. The smallest absolute Gasteiger partial charge is 0.250 e. The molecule has 26 heavy (non-hydrogen) atoms. The Labute approximate surface area is 154 Å². The molecule has 2 aromatic heterocycles. The Bertz CT molecular complexity index is 812. The number of hydrogen-bond acceptors (Lipinski definition) is 5. The summed E-state index contributed by atoms with van der Waals surface area (Å²) in [5.74, 6) is 0.777. The van der Waals surface area contributed by atoms with Gasteiger partial charge in [0, 0.05) is 30.6 Å². The van der Waals surface area contributed by atoms with Gasteiger partial charge in [-0.1, -0.05) is 25.7 Å². The molecule has 1 aliphatic rings. The van der Waals surface area contributed by atoms with Crippen molar-refractivity contribution in [3.05, 3.63) is 30.2 Å². The highest BCUT2D eigenvalue weighted by molar-refractivity contribution is 7.71. The lowest BCUT2D eigenvalue weighted by Crippen LogP contribution is -2.28. The molecule has 8 nitrogen and oxygen atoms in total. The zero-order valence-electron chi connectivity index (χ0n) is 14.9. The number of hydrogen-bond donors (Lipinski definition) is 2. The number of aryl methyl sites for hydroxylation is 1. The van der Waals surface area contributed by atoms with Gasteiger partial charge in [0.15, 0.2) is 5.82 Å². The summed E-state index contributed by atoms with van der Waals surface area (Å²) in [5, 5.41) is 11.4. The van der Waals surface area contributed by atoms with Gasteiger partial charge in [-0.2, -0.15) is 10.2 Å². The fourth-order valence-corrected chi connectivity index (χ4v) is 3.95. The van der Waals surface area contributed by atoms with Crippen LogP contribution >= 0.6 is 0 Å². The number of carbonyl (C=O) groups excluding carboxylic acids is 1. The highest BCUT2D eigenvalue weighted by Crippen LogP contribution is 2.32. The minimum absolute atomic E-state index is 0.0615. The topological polar surface area (TPSA) is 98.9 Å². The molecule has 0 aliphatic heterocycles. The number of aromatic nitrogens is 4. The maximum absolute atomic E-state index is 12.9. The van der Waals surface area contributed by atoms with E-state index < -0.39 is 16.7 Å². The molecule has 0 spiro atoms. The maximum atomic E-state index is 12.9. The monoisotopic (exact) mass is 379 g/mol. The van der Waals surface area contributed by atoms with Crippen LogP contribution in [0.4, 0.5) is 5.82 Å². The van der Waals surface area contributed by atoms with Crippen LogP contribution in [0.1, 0.15) is 50.6 Å². The molecule has 1 fully saturated rings. The average Bonchev–Trinajstić information content (AvgIpc) is 3.33. The lowest BCUT2D eigenvalue weighted by atomic mass is 9.98. The van der Waals surface area contributed by atoms with E-state index in [1.807, 2.05) is 13.1 Å². The van der Waals surface area contributed by atoms with E-state index in [1.54, 1.807) is 21.6 Å². The van der Waals surface area contributed by atoms with E-state index in [1.165, 1.54) is 19.0 Å². The van der Waals surface area contributed by atoms with Gasteiger partial charge < -0.3 is 5.32 Å². The first kappa shape index (κ1) is 18.6. The lowest BCUT2D eigenvalue weighted by Gasteiger charge is -2.20. The Kier molecular flexibility index (Phi) is 6.08. The van der Waals surface area contributed by atoms with Gasteiger partial charge in [-0.05, 0) is 19.3 Å². The van der Waals surface area contributed by atoms with Crippen LogP contribution in [-0.2, 0) is 27.8 Å². The normalized spacial score (nSPS) is 16.2. The van der Waals surface area contributed by atoms with E-state index in [0.717, 1.165) is 19.4 Å². The third-order valence-electron chi connectivity index (χ3n) is 4.84. The third-order valence-corrected chi connectivity index (χ3v) is 5.46. The van der Waals surface area contributed by atoms with Crippen LogP contribution in [0, 0.1) is 5.92 Å². The third kappa shape index (κ3) is 4.72. The highest BCUT2D eigenvalue weighted by Gasteiger charge is 2.28. The summed E-state index contributed by atoms with van der Waals surface area (Å²) in [7, 11) is -2.52. The van der Waals surface area contributed by atoms with Crippen LogP contribution in [0.25, 0.3) is 0 Å². The fraction of sp³-hybridized carbons (Fsp3) is 0.588. The van der Waals surface area contributed by atoms with Gasteiger partial charge in [0.1, 0.15) is 16.7 Å². The molecule has 2 aromatic rings. The molecule has 0 unspecified atom stereocenters.